The minimum Gasteiger partial charge on any atom is -0.316 e. The van der Waals surface area contributed by atoms with E-state index in [0.717, 1.165) is 12.1 Å². The van der Waals surface area contributed by atoms with Crippen LogP contribution < -0.4 is 14.8 Å². The first-order valence-corrected chi connectivity index (χ1v) is 11.3. The minimum absolute atomic E-state index is 0. The van der Waals surface area contributed by atoms with Gasteiger partial charge in [0.1, 0.15) is 5.82 Å². The predicted octanol–water partition coefficient (Wildman–Crippen LogP) is 1.68. The SMILES string of the molecule is CCCS(=O)(=O)Nc1ccc(S(=O)(=O)NC2CCNCC2C)cc1F.Cl. The van der Waals surface area contributed by atoms with Crippen LogP contribution in [-0.4, -0.2) is 41.7 Å². The van der Waals surface area contributed by atoms with Crippen molar-refractivity contribution in [2.24, 2.45) is 5.92 Å². The molecule has 1 aromatic rings. The van der Waals surface area contributed by atoms with Gasteiger partial charge in [-0.15, -0.1) is 12.4 Å². The third kappa shape index (κ3) is 6.05. The number of nitrogens with one attached hydrogen (secondary N) is 3. The van der Waals surface area contributed by atoms with Crippen LogP contribution >= 0.6 is 12.4 Å². The quantitative estimate of drug-likeness (QED) is 0.611. The lowest BCUT2D eigenvalue weighted by Crippen LogP contribution is -2.48. The summed E-state index contributed by atoms with van der Waals surface area (Å²) in [4.78, 5) is -0.228. The largest absolute Gasteiger partial charge is 0.316 e. The van der Waals surface area contributed by atoms with E-state index in [1.807, 2.05) is 6.92 Å². The van der Waals surface area contributed by atoms with E-state index in [2.05, 4.69) is 14.8 Å². The van der Waals surface area contributed by atoms with Gasteiger partial charge >= 0.3 is 0 Å². The molecular weight excluding hydrogens is 405 g/mol. The van der Waals surface area contributed by atoms with Gasteiger partial charge in [0.25, 0.3) is 0 Å². The number of rotatable bonds is 7. The number of halogens is 2. The minimum atomic E-state index is -3.88. The van der Waals surface area contributed by atoms with E-state index in [9.17, 15) is 21.2 Å². The highest BCUT2D eigenvalue weighted by Crippen LogP contribution is 2.22. The Balaban J connectivity index is 0.00000338. The van der Waals surface area contributed by atoms with E-state index in [-0.39, 0.29) is 40.7 Å². The molecule has 150 valence electrons. The molecule has 26 heavy (non-hydrogen) atoms. The molecule has 0 amide bonds. The molecule has 0 bridgehead atoms. The number of benzene rings is 1. The Hall–Kier alpha value is -0.940. The highest BCUT2D eigenvalue weighted by Gasteiger charge is 2.27. The summed E-state index contributed by atoms with van der Waals surface area (Å²) in [6, 6.07) is 2.93. The maximum absolute atomic E-state index is 14.2. The number of sulfonamides is 2. The van der Waals surface area contributed by atoms with Crippen molar-refractivity contribution in [1.29, 1.82) is 0 Å². The normalized spacial score (nSPS) is 21.0. The Morgan fingerprint density at radius 2 is 1.96 bits per heavy atom. The highest BCUT2D eigenvalue weighted by molar-refractivity contribution is 7.92. The molecule has 0 aliphatic carbocycles. The first-order valence-electron chi connectivity index (χ1n) is 8.17. The third-order valence-electron chi connectivity index (χ3n) is 4.08. The van der Waals surface area contributed by atoms with Crippen molar-refractivity contribution in [1.82, 2.24) is 10.0 Å². The molecule has 2 rings (SSSR count). The Morgan fingerprint density at radius 1 is 1.27 bits per heavy atom. The second-order valence-corrected chi connectivity index (χ2v) is 9.82. The average Bonchev–Trinajstić information content (AvgIpc) is 2.51. The zero-order valence-electron chi connectivity index (χ0n) is 14.7. The zero-order chi connectivity index (χ0) is 18.7. The molecule has 1 heterocycles. The van der Waals surface area contributed by atoms with Crippen molar-refractivity contribution in [2.75, 3.05) is 23.6 Å². The van der Waals surface area contributed by atoms with E-state index in [1.165, 1.54) is 6.07 Å². The summed E-state index contributed by atoms with van der Waals surface area (Å²) in [6.45, 7) is 5.05. The molecule has 11 heteroatoms. The second-order valence-electron chi connectivity index (χ2n) is 6.26. The molecule has 1 aliphatic rings. The van der Waals surface area contributed by atoms with Gasteiger partial charge in [-0.3, -0.25) is 4.72 Å². The molecule has 0 radical (unpaired) electrons. The van der Waals surface area contributed by atoms with Gasteiger partial charge in [-0.2, -0.15) is 0 Å². The Labute approximate surface area is 160 Å². The molecular formula is C15H25ClFN3O4S2. The van der Waals surface area contributed by atoms with Gasteiger partial charge in [-0.25, -0.2) is 25.9 Å². The lowest BCUT2D eigenvalue weighted by Gasteiger charge is -2.30. The second kappa shape index (κ2) is 9.32. The maximum Gasteiger partial charge on any atom is 0.240 e. The Kier molecular flexibility index (Phi) is 8.28. The summed E-state index contributed by atoms with van der Waals surface area (Å²) >= 11 is 0. The fourth-order valence-corrected chi connectivity index (χ4v) is 5.22. The summed E-state index contributed by atoms with van der Waals surface area (Å²) in [5.74, 6) is -0.948. The van der Waals surface area contributed by atoms with Crippen LogP contribution in [0.3, 0.4) is 0 Å². The van der Waals surface area contributed by atoms with Crippen LogP contribution in [0.25, 0.3) is 0 Å². The topological polar surface area (TPSA) is 104 Å². The number of hydrogen-bond donors (Lipinski definition) is 3. The smallest absolute Gasteiger partial charge is 0.240 e. The Morgan fingerprint density at radius 3 is 2.54 bits per heavy atom. The summed E-state index contributed by atoms with van der Waals surface area (Å²) in [5.41, 5.74) is -0.261. The van der Waals surface area contributed by atoms with Crippen LogP contribution in [0.1, 0.15) is 26.7 Å². The van der Waals surface area contributed by atoms with Gasteiger partial charge in [-0.05, 0) is 50.0 Å². The standard InChI is InChI=1S/C15H24FN3O4S2.ClH/c1-3-8-24(20,21)18-15-5-4-12(9-13(15)16)25(22,23)19-14-6-7-17-10-11(14)2;/h4-5,9,11,14,17-19H,3,6-8,10H2,1-2H3;1H. The van der Waals surface area contributed by atoms with Crippen molar-refractivity contribution < 1.29 is 21.2 Å². The van der Waals surface area contributed by atoms with E-state index < -0.39 is 25.9 Å². The summed E-state index contributed by atoms with van der Waals surface area (Å²) in [7, 11) is -7.53. The van der Waals surface area contributed by atoms with Crippen molar-refractivity contribution in [3.63, 3.8) is 0 Å². The predicted molar refractivity (Wildman–Crippen MR) is 102 cm³/mol. The van der Waals surface area contributed by atoms with Gasteiger partial charge in [0, 0.05) is 6.04 Å². The fourth-order valence-electron chi connectivity index (χ4n) is 2.69. The van der Waals surface area contributed by atoms with Gasteiger partial charge in [-0.1, -0.05) is 13.8 Å². The monoisotopic (exact) mass is 429 g/mol. The molecule has 0 aromatic heterocycles. The van der Waals surface area contributed by atoms with E-state index in [4.69, 9.17) is 0 Å². The van der Waals surface area contributed by atoms with Crippen LogP contribution in [0.2, 0.25) is 0 Å². The molecule has 0 saturated carbocycles. The molecule has 1 saturated heterocycles. The summed E-state index contributed by atoms with van der Waals surface area (Å²) in [6.07, 6.45) is 1.04. The zero-order valence-corrected chi connectivity index (χ0v) is 17.1. The summed E-state index contributed by atoms with van der Waals surface area (Å²) in [5, 5.41) is 3.18. The van der Waals surface area contributed by atoms with Crippen LogP contribution in [0, 0.1) is 11.7 Å². The summed E-state index contributed by atoms with van der Waals surface area (Å²) < 4.78 is 67.3. The van der Waals surface area contributed by atoms with Crippen molar-refractivity contribution >= 4 is 38.1 Å². The molecule has 3 N–H and O–H groups in total. The van der Waals surface area contributed by atoms with Crippen molar-refractivity contribution in [3.8, 4) is 0 Å². The lowest BCUT2D eigenvalue weighted by molar-refractivity contribution is 0.328. The molecule has 1 aromatic carbocycles. The van der Waals surface area contributed by atoms with Gasteiger partial charge in [0.05, 0.1) is 16.3 Å². The van der Waals surface area contributed by atoms with Crippen molar-refractivity contribution in [3.05, 3.63) is 24.0 Å². The molecule has 1 fully saturated rings. The Bertz CT molecular complexity index is 818. The van der Waals surface area contributed by atoms with E-state index in [1.54, 1.807) is 6.92 Å². The van der Waals surface area contributed by atoms with E-state index >= 15 is 0 Å². The molecule has 1 aliphatic heterocycles. The van der Waals surface area contributed by atoms with E-state index in [0.29, 0.717) is 25.9 Å². The third-order valence-corrected chi connectivity index (χ3v) is 7.05. The molecule has 7 nitrogen and oxygen atoms in total. The van der Waals surface area contributed by atoms with Crippen molar-refractivity contribution in [2.45, 2.75) is 37.6 Å². The lowest BCUT2D eigenvalue weighted by atomic mass is 9.97. The van der Waals surface area contributed by atoms with Gasteiger partial charge < -0.3 is 5.32 Å². The fraction of sp³-hybridized carbons (Fsp3) is 0.600. The van der Waals surface area contributed by atoms with Crippen LogP contribution in [0.4, 0.5) is 10.1 Å². The number of hydrogen-bond acceptors (Lipinski definition) is 5. The van der Waals surface area contributed by atoms with Crippen LogP contribution in [0.15, 0.2) is 23.1 Å². The van der Waals surface area contributed by atoms with Crippen LogP contribution in [0.5, 0.6) is 0 Å². The van der Waals surface area contributed by atoms with Crippen LogP contribution in [-0.2, 0) is 20.0 Å². The first kappa shape index (κ1) is 23.1. The molecule has 2 atom stereocenters. The number of anilines is 1. The molecule has 0 spiro atoms. The van der Waals surface area contributed by atoms with Gasteiger partial charge in [0.15, 0.2) is 0 Å². The van der Waals surface area contributed by atoms with Gasteiger partial charge in [0.2, 0.25) is 20.0 Å². The maximum atomic E-state index is 14.2. The first-order chi connectivity index (χ1) is 11.6. The average molecular weight is 430 g/mol. The molecule has 2 unspecified atom stereocenters. The number of piperidine rings is 1. The highest BCUT2D eigenvalue weighted by atomic mass is 35.5.